The Hall–Kier alpha value is -2.40. The standard InChI is InChI=1S/C18H23N3O2/c1-3-23-17-7-5-4-6-16(17)20-18(22)14-21(2)13-10-15-8-11-19-12-9-15/h4-9,11-12H,3,10,13-14H2,1-2H3,(H,20,22). The van der Waals surface area contributed by atoms with Gasteiger partial charge in [0.15, 0.2) is 0 Å². The van der Waals surface area contributed by atoms with Crippen LogP contribution in [-0.2, 0) is 11.2 Å². The van der Waals surface area contributed by atoms with Crippen LogP contribution in [0.25, 0.3) is 0 Å². The van der Waals surface area contributed by atoms with Crippen molar-refractivity contribution >= 4 is 11.6 Å². The number of hydrogen-bond acceptors (Lipinski definition) is 4. The number of benzene rings is 1. The molecule has 0 spiro atoms. The summed E-state index contributed by atoms with van der Waals surface area (Å²) in [4.78, 5) is 18.2. The molecule has 1 amide bonds. The summed E-state index contributed by atoms with van der Waals surface area (Å²) in [6, 6.07) is 11.5. The first-order valence-corrected chi connectivity index (χ1v) is 7.78. The van der Waals surface area contributed by atoms with E-state index in [-0.39, 0.29) is 5.91 Å². The largest absolute Gasteiger partial charge is 0.492 e. The number of nitrogens with one attached hydrogen (secondary N) is 1. The van der Waals surface area contributed by atoms with Crippen molar-refractivity contribution < 1.29 is 9.53 Å². The molecule has 5 nitrogen and oxygen atoms in total. The Labute approximate surface area is 137 Å². The number of pyridine rings is 1. The summed E-state index contributed by atoms with van der Waals surface area (Å²) >= 11 is 0. The van der Waals surface area contributed by atoms with Crippen molar-refractivity contribution in [2.24, 2.45) is 0 Å². The van der Waals surface area contributed by atoms with E-state index >= 15 is 0 Å². The lowest BCUT2D eigenvalue weighted by Crippen LogP contribution is -2.31. The minimum absolute atomic E-state index is 0.0469. The maximum Gasteiger partial charge on any atom is 0.238 e. The highest BCUT2D eigenvalue weighted by atomic mass is 16.5. The first-order chi connectivity index (χ1) is 11.2. The number of aromatic nitrogens is 1. The molecule has 1 aromatic heterocycles. The fourth-order valence-electron chi connectivity index (χ4n) is 2.23. The highest BCUT2D eigenvalue weighted by Crippen LogP contribution is 2.23. The Balaban J connectivity index is 1.82. The van der Waals surface area contributed by atoms with Crippen LogP contribution in [0.4, 0.5) is 5.69 Å². The molecular weight excluding hydrogens is 290 g/mol. The van der Waals surface area contributed by atoms with E-state index in [0.29, 0.717) is 24.6 Å². The van der Waals surface area contributed by atoms with Gasteiger partial charge < -0.3 is 10.1 Å². The van der Waals surface area contributed by atoms with E-state index in [0.717, 1.165) is 13.0 Å². The summed E-state index contributed by atoms with van der Waals surface area (Å²) in [5.74, 6) is 0.650. The van der Waals surface area contributed by atoms with Crippen LogP contribution in [0, 0.1) is 0 Å². The van der Waals surface area contributed by atoms with Crippen LogP contribution in [-0.4, -0.2) is 42.5 Å². The van der Waals surface area contributed by atoms with Gasteiger partial charge in [-0.3, -0.25) is 14.7 Å². The monoisotopic (exact) mass is 313 g/mol. The maximum atomic E-state index is 12.2. The second kappa shape index (κ2) is 8.90. The molecule has 1 heterocycles. The molecule has 0 fully saturated rings. The normalized spacial score (nSPS) is 10.6. The van der Waals surface area contributed by atoms with Crippen molar-refractivity contribution in [2.45, 2.75) is 13.3 Å². The van der Waals surface area contributed by atoms with E-state index in [1.54, 1.807) is 12.4 Å². The number of likely N-dealkylation sites (N-methyl/N-ethyl adjacent to an activating group) is 1. The van der Waals surface area contributed by atoms with Gasteiger partial charge in [-0.15, -0.1) is 0 Å². The van der Waals surface area contributed by atoms with Crippen molar-refractivity contribution in [3.63, 3.8) is 0 Å². The van der Waals surface area contributed by atoms with Gasteiger partial charge in [0.05, 0.1) is 18.8 Å². The summed E-state index contributed by atoms with van der Waals surface area (Å²) in [5, 5.41) is 2.91. The van der Waals surface area contributed by atoms with E-state index in [4.69, 9.17) is 4.74 Å². The van der Waals surface area contributed by atoms with Gasteiger partial charge in [-0.2, -0.15) is 0 Å². The minimum atomic E-state index is -0.0469. The van der Waals surface area contributed by atoms with Gasteiger partial charge in [0, 0.05) is 18.9 Å². The molecule has 0 saturated carbocycles. The number of carbonyl (C=O) groups is 1. The zero-order valence-electron chi connectivity index (χ0n) is 13.7. The molecule has 0 atom stereocenters. The SMILES string of the molecule is CCOc1ccccc1NC(=O)CN(C)CCc1ccncc1. The van der Waals surface area contributed by atoms with E-state index in [1.807, 2.05) is 55.3 Å². The fraction of sp³-hybridized carbons (Fsp3) is 0.333. The average molecular weight is 313 g/mol. The topological polar surface area (TPSA) is 54.5 Å². The second-order valence-corrected chi connectivity index (χ2v) is 5.32. The van der Waals surface area contributed by atoms with Crippen LogP contribution in [0.2, 0.25) is 0 Å². The predicted octanol–water partition coefficient (Wildman–Crippen LogP) is 2.59. The maximum absolute atomic E-state index is 12.2. The van der Waals surface area contributed by atoms with E-state index < -0.39 is 0 Å². The van der Waals surface area contributed by atoms with E-state index in [1.165, 1.54) is 5.56 Å². The summed E-state index contributed by atoms with van der Waals surface area (Å²) in [6.45, 7) is 3.64. The number of amides is 1. The van der Waals surface area contributed by atoms with Gasteiger partial charge in [-0.25, -0.2) is 0 Å². The molecule has 0 saturated heterocycles. The van der Waals surface area contributed by atoms with Crippen molar-refractivity contribution in [3.05, 3.63) is 54.4 Å². The zero-order chi connectivity index (χ0) is 16.5. The summed E-state index contributed by atoms with van der Waals surface area (Å²) in [7, 11) is 1.94. The lowest BCUT2D eigenvalue weighted by molar-refractivity contribution is -0.117. The first-order valence-electron chi connectivity index (χ1n) is 7.78. The molecule has 0 aliphatic carbocycles. The molecule has 0 aliphatic rings. The van der Waals surface area contributed by atoms with Crippen molar-refractivity contribution in [2.75, 3.05) is 32.1 Å². The van der Waals surface area contributed by atoms with Crippen molar-refractivity contribution in [1.82, 2.24) is 9.88 Å². The molecule has 5 heteroatoms. The predicted molar refractivity (Wildman–Crippen MR) is 91.7 cm³/mol. The van der Waals surface area contributed by atoms with Crippen LogP contribution >= 0.6 is 0 Å². The number of hydrogen-bond donors (Lipinski definition) is 1. The zero-order valence-corrected chi connectivity index (χ0v) is 13.7. The van der Waals surface area contributed by atoms with E-state index in [2.05, 4.69) is 10.3 Å². The van der Waals surface area contributed by atoms with Crippen LogP contribution < -0.4 is 10.1 Å². The molecule has 0 radical (unpaired) electrons. The average Bonchev–Trinajstić information content (AvgIpc) is 2.56. The number of anilines is 1. The fourth-order valence-corrected chi connectivity index (χ4v) is 2.23. The van der Waals surface area contributed by atoms with Crippen LogP contribution in [0.1, 0.15) is 12.5 Å². The number of nitrogens with zero attached hydrogens (tertiary/aromatic N) is 2. The third-order valence-electron chi connectivity index (χ3n) is 3.41. The van der Waals surface area contributed by atoms with Crippen LogP contribution in [0.3, 0.4) is 0 Å². The Bertz CT molecular complexity index is 617. The lowest BCUT2D eigenvalue weighted by Gasteiger charge is -2.17. The molecule has 1 aromatic carbocycles. The highest BCUT2D eigenvalue weighted by Gasteiger charge is 2.10. The summed E-state index contributed by atoms with van der Waals surface area (Å²) in [5.41, 5.74) is 1.93. The highest BCUT2D eigenvalue weighted by molar-refractivity contribution is 5.93. The Morgan fingerprint density at radius 3 is 2.70 bits per heavy atom. The van der Waals surface area contributed by atoms with Gasteiger partial charge in [0.2, 0.25) is 5.91 Å². The summed E-state index contributed by atoms with van der Waals surface area (Å²) < 4.78 is 5.51. The number of carbonyl (C=O) groups excluding carboxylic acids is 1. The van der Waals surface area contributed by atoms with Crippen molar-refractivity contribution in [1.29, 1.82) is 0 Å². The second-order valence-electron chi connectivity index (χ2n) is 5.32. The lowest BCUT2D eigenvalue weighted by atomic mass is 10.2. The third-order valence-corrected chi connectivity index (χ3v) is 3.41. The quantitative estimate of drug-likeness (QED) is 0.814. The van der Waals surface area contributed by atoms with Gasteiger partial charge in [-0.1, -0.05) is 12.1 Å². The number of rotatable bonds is 8. The molecule has 0 unspecified atom stereocenters. The van der Waals surface area contributed by atoms with Gasteiger partial charge in [-0.05, 0) is 50.2 Å². The molecule has 2 aromatic rings. The smallest absolute Gasteiger partial charge is 0.238 e. The minimum Gasteiger partial charge on any atom is -0.492 e. The van der Waals surface area contributed by atoms with Gasteiger partial charge in [0.25, 0.3) is 0 Å². The van der Waals surface area contributed by atoms with Gasteiger partial charge >= 0.3 is 0 Å². The number of ether oxygens (including phenoxy) is 1. The molecule has 0 aliphatic heterocycles. The Morgan fingerprint density at radius 2 is 1.96 bits per heavy atom. The molecule has 23 heavy (non-hydrogen) atoms. The molecule has 1 N–H and O–H groups in total. The third kappa shape index (κ3) is 5.71. The summed E-state index contributed by atoms with van der Waals surface area (Å²) in [6.07, 6.45) is 4.46. The van der Waals surface area contributed by atoms with Crippen LogP contribution in [0.15, 0.2) is 48.8 Å². The van der Waals surface area contributed by atoms with Crippen molar-refractivity contribution in [3.8, 4) is 5.75 Å². The molecule has 0 bridgehead atoms. The molecule has 2 rings (SSSR count). The number of para-hydroxylation sites is 2. The van der Waals surface area contributed by atoms with E-state index in [9.17, 15) is 4.79 Å². The Morgan fingerprint density at radius 1 is 1.22 bits per heavy atom. The van der Waals surface area contributed by atoms with Crippen LogP contribution in [0.5, 0.6) is 5.75 Å². The first kappa shape index (κ1) is 17.0. The molecular formula is C18H23N3O2. The molecule has 122 valence electrons. The van der Waals surface area contributed by atoms with Gasteiger partial charge in [0.1, 0.15) is 5.75 Å². The Kier molecular flexibility index (Phi) is 6.56.